The minimum atomic E-state index is 0.710. The van der Waals surface area contributed by atoms with Gasteiger partial charge in [0, 0.05) is 0 Å². The summed E-state index contributed by atoms with van der Waals surface area (Å²) in [6, 6.07) is 0. The van der Waals surface area contributed by atoms with Crippen molar-refractivity contribution in [3.63, 3.8) is 0 Å². The first-order valence-corrected chi connectivity index (χ1v) is 6.07. The molecule has 0 spiro atoms. The number of thioether (sulfide) groups is 1. The fourth-order valence-electron chi connectivity index (χ4n) is 0.335. The quantitative estimate of drug-likeness (QED) is 0.477. The van der Waals surface area contributed by atoms with Crippen molar-refractivity contribution in [3.8, 4) is 0 Å². The SMILES string of the molecule is C=C[Se]CCSCC. The van der Waals surface area contributed by atoms with E-state index < -0.39 is 0 Å². The summed E-state index contributed by atoms with van der Waals surface area (Å²) in [7, 11) is 0. The van der Waals surface area contributed by atoms with Gasteiger partial charge in [-0.3, -0.25) is 0 Å². The maximum absolute atomic E-state index is 3.68. The predicted molar refractivity (Wildman–Crippen MR) is 43.8 cm³/mol. The van der Waals surface area contributed by atoms with Crippen molar-refractivity contribution in [2.75, 3.05) is 11.5 Å². The number of rotatable bonds is 5. The van der Waals surface area contributed by atoms with E-state index in [4.69, 9.17) is 0 Å². The predicted octanol–water partition coefficient (Wildman–Crippen LogP) is 2.01. The van der Waals surface area contributed by atoms with Gasteiger partial charge in [0.05, 0.1) is 0 Å². The second-order valence-electron chi connectivity index (χ2n) is 1.23. The third kappa shape index (κ3) is 6.61. The summed E-state index contributed by atoms with van der Waals surface area (Å²) in [6.07, 6.45) is 0. The molecule has 48 valence electrons. The van der Waals surface area contributed by atoms with Gasteiger partial charge in [0.2, 0.25) is 0 Å². The molecule has 0 nitrogen and oxygen atoms in total. The topological polar surface area (TPSA) is 0 Å². The van der Waals surface area contributed by atoms with Crippen LogP contribution in [0.25, 0.3) is 0 Å². The molecule has 0 aliphatic heterocycles. The molecule has 0 aliphatic carbocycles. The van der Waals surface area contributed by atoms with E-state index in [9.17, 15) is 0 Å². The Bertz CT molecular complexity index is 54.5. The van der Waals surface area contributed by atoms with Crippen molar-refractivity contribution in [3.05, 3.63) is 11.6 Å². The summed E-state index contributed by atoms with van der Waals surface area (Å²) in [4.78, 5) is 2.04. The van der Waals surface area contributed by atoms with E-state index in [1.54, 1.807) is 0 Å². The van der Waals surface area contributed by atoms with E-state index in [1.165, 1.54) is 16.8 Å². The first-order chi connectivity index (χ1) is 3.91. The molecule has 0 bridgehead atoms. The van der Waals surface area contributed by atoms with E-state index >= 15 is 0 Å². The van der Waals surface area contributed by atoms with E-state index in [-0.39, 0.29) is 0 Å². The van der Waals surface area contributed by atoms with Crippen LogP contribution >= 0.6 is 11.8 Å². The van der Waals surface area contributed by atoms with Crippen molar-refractivity contribution in [1.82, 2.24) is 0 Å². The first kappa shape index (κ1) is 8.61. The maximum atomic E-state index is 3.68. The molecule has 0 saturated heterocycles. The van der Waals surface area contributed by atoms with Gasteiger partial charge >= 0.3 is 62.0 Å². The van der Waals surface area contributed by atoms with Gasteiger partial charge in [-0.1, -0.05) is 0 Å². The van der Waals surface area contributed by atoms with Crippen LogP contribution in [0.5, 0.6) is 0 Å². The van der Waals surface area contributed by atoms with Crippen LogP contribution < -0.4 is 0 Å². The van der Waals surface area contributed by atoms with Gasteiger partial charge in [0.15, 0.2) is 0 Å². The molecule has 0 radical (unpaired) electrons. The molecule has 0 N–H and O–H groups in total. The Kier molecular flexibility index (Phi) is 8.19. The summed E-state index contributed by atoms with van der Waals surface area (Å²) >= 11 is 2.73. The molecule has 0 rings (SSSR count). The second kappa shape index (κ2) is 7.61. The standard InChI is InChI=1S/C6H12SSe/c1-3-7-5-6-8-4-2/h4H,2-3,5-6H2,1H3. The zero-order valence-electron chi connectivity index (χ0n) is 5.22. The molecule has 0 saturated carbocycles. The minimum absolute atomic E-state index is 0.710. The number of hydrogen-bond acceptors (Lipinski definition) is 1. The molecule has 0 aliphatic rings. The zero-order chi connectivity index (χ0) is 6.24. The van der Waals surface area contributed by atoms with Crippen LogP contribution in [-0.4, -0.2) is 26.5 Å². The summed E-state index contributed by atoms with van der Waals surface area (Å²) in [5, 5.41) is 1.36. The Hall–Kier alpha value is 0.609. The second-order valence-corrected chi connectivity index (χ2v) is 4.88. The first-order valence-electron chi connectivity index (χ1n) is 2.72. The Morgan fingerprint density at radius 3 is 3.00 bits per heavy atom. The van der Waals surface area contributed by atoms with Gasteiger partial charge in [-0.15, -0.1) is 0 Å². The van der Waals surface area contributed by atoms with Crippen molar-refractivity contribution in [1.29, 1.82) is 0 Å². The molecular weight excluding hydrogens is 183 g/mol. The molecule has 0 aromatic rings. The Morgan fingerprint density at radius 1 is 1.75 bits per heavy atom. The van der Waals surface area contributed by atoms with Gasteiger partial charge < -0.3 is 0 Å². The summed E-state index contributed by atoms with van der Waals surface area (Å²) in [6.45, 7) is 5.88. The van der Waals surface area contributed by atoms with Crippen molar-refractivity contribution in [2.45, 2.75) is 12.2 Å². The van der Waals surface area contributed by atoms with Crippen LogP contribution in [0, 0.1) is 0 Å². The Labute approximate surface area is 62.3 Å². The van der Waals surface area contributed by atoms with Crippen molar-refractivity contribution in [2.24, 2.45) is 0 Å². The fourth-order valence-corrected chi connectivity index (χ4v) is 2.53. The van der Waals surface area contributed by atoms with E-state index in [1.807, 2.05) is 16.7 Å². The normalized spacial score (nSPS) is 9.12. The fraction of sp³-hybridized carbons (Fsp3) is 0.667. The van der Waals surface area contributed by atoms with Crippen LogP contribution in [0.4, 0.5) is 0 Å². The molecule has 0 atom stereocenters. The van der Waals surface area contributed by atoms with Gasteiger partial charge in [-0.25, -0.2) is 0 Å². The van der Waals surface area contributed by atoms with E-state index in [2.05, 4.69) is 13.5 Å². The van der Waals surface area contributed by atoms with Gasteiger partial charge in [-0.05, 0) is 0 Å². The van der Waals surface area contributed by atoms with Gasteiger partial charge in [0.25, 0.3) is 0 Å². The molecule has 8 heavy (non-hydrogen) atoms. The molecule has 0 fully saturated rings. The van der Waals surface area contributed by atoms with E-state index in [0.717, 1.165) is 0 Å². The molecule has 0 unspecified atom stereocenters. The van der Waals surface area contributed by atoms with Crippen LogP contribution in [0.2, 0.25) is 5.32 Å². The molecule has 2 heteroatoms. The van der Waals surface area contributed by atoms with Crippen LogP contribution in [0.15, 0.2) is 11.6 Å². The van der Waals surface area contributed by atoms with Crippen LogP contribution in [0.3, 0.4) is 0 Å². The molecule has 0 aromatic carbocycles. The summed E-state index contributed by atoms with van der Waals surface area (Å²) in [5.41, 5.74) is 0. The van der Waals surface area contributed by atoms with Crippen LogP contribution in [0.1, 0.15) is 6.92 Å². The average Bonchev–Trinajstić information content (AvgIpc) is 1.81. The summed E-state index contributed by atoms with van der Waals surface area (Å²) in [5.74, 6) is 2.58. The van der Waals surface area contributed by atoms with Gasteiger partial charge in [0.1, 0.15) is 0 Å². The summed E-state index contributed by atoms with van der Waals surface area (Å²) < 4.78 is 0. The molecule has 0 amide bonds. The van der Waals surface area contributed by atoms with Crippen molar-refractivity contribution < 1.29 is 0 Å². The molecular formula is C6H12SSe. The number of hydrogen-bond donors (Lipinski definition) is 0. The molecule has 0 heterocycles. The zero-order valence-corrected chi connectivity index (χ0v) is 7.75. The Morgan fingerprint density at radius 2 is 2.50 bits per heavy atom. The van der Waals surface area contributed by atoms with Crippen LogP contribution in [-0.2, 0) is 0 Å². The Balaban J connectivity index is 2.62. The molecule has 0 aromatic heterocycles. The third-order valence-electron chi connectivity index (χ3n) is 0.667. The monoisotopic (exact) mass is 196 g/mol. The third-order valence-corrected chi connectivity index (χ3v) is 3.57. The van der Waals surface area contributed by atoms with Crippen molar-refractivity contribution >= 4 is 26.7 Å². The van der Waals surface area contributed by atoms with E-state index in [0.29, 0.717) is 15.0 Å². The van der Waals surface area contributed by atoms with Gasteiger partial charge in [-0.2, -0.15) is 0 Å². The average molecular weight is 195 g/mol.